The van der Waals surface area contributed by atoms with Gasteiger partial charge in [-0.15, -0.1) is 0 Å². The minimum atomic E-state index is -0.516. The summed E-state index contributed by atoms with van der Waals surface area (Å²) in [6.07, 6.45) is -0.309. The Bertz CT molecular complexity index is 1040. The molecule has 1 aliphatic heterocycles. The molecule has 0 aliphatic carbocycles. The Morgan fingerprint density at radius 2 is 1.75 bits per heavy atom. The molecule has 2 aromatic carbocycles. The number of rotatable bonds is 2. The number of nitrogens with zero attached hydrogens (tertiary/aromatic N) is 3. The zero-order valence-electron chi connectivity index (χ0n) is 16.2. The van der Waals surface area contributed by atoms with Crippen molar-refractivity contribution in [2.45, 2.75) is 32.3 Å². The molecule has 0 atom stereocenters. The van der Waals surface area contributed by atoms with E-state index in [1.807, 2.05) is 51.1 Å². The summed E-state index contributed by atoms with van der Waals surface area (Å²) in [4.78, 5) is 23.6. The molecule has 3 aromatic rings. The molecule has 1 aromatic heterocycles. The molecule has 0 saturated carbocycles. The third-order valence-electron chi connectivity index (χ3n) is 4.64. The highest BCUT2D eigenvalue weighted by Crippen LogP contribution is 2.35. The zero-order valence-corrected chi connectivity index (χ0v) is 16.2. The molecule has 0 spiro atoms. The molecule has 1 amide bonds. The number of amides is 1. The van der Waals surface area contributed by atoms with Crippen LogP contribution in [-0.2, 0) is 4.74 Å². The van der Waals surface area contributed by atoms with E-state index in [4.69, 9.17) is 14.7 Å². The van der Waals surface area contributed by atoms with E-state index in [2.05, 4.69) is 0 Å². The molecule has 4 rings (SSSR count). The SMILES string of the molecule is CC(C)(C)OC(=O)N1CC(c2nc3ccccc3nc2-c2cccc(O)c2)C1. The van der Waals surface area contributed by atoms with Gasteiger partial charge in [-0.1, -0.05) is 24.3 Å². The highest BCUT2D eigenvalue weighted by molar-refractivity contribution is 5.79. The van der Waals surface area contributed by atoms with E-state index in [-0.39, 0.29) is 17.8 Å². The van der Waals surface area contributed by atoms with Gasteiger partial charge in [0.2, 0.25) is 0 Å². The predicted octanol–water partition coefficient (Wildman–Crippen LogP) is 4.34. The number of carbonyl (C=O) groups excluding carboxylic acids is 1. The smallest absolute Gasteiger partial charge is 0.410 e. The fraction of sp³-hybridized carbons (Fsp3) is 0.318. The number of hydrogen-bond acceptors (Lipinski definition) is 5. The minimum absolute atomic E-state index is 0.0713. The maximum Gasteiger partial charge on any atom is 0.410 e. The van der Waals surface area contributed by atoms with Crippen molar-refractivity contribution in [3.05, 3.63) is 54.2 Å². The number of aromatic nitrogens is 2. The first-order valence-corrected chi connectivity index (χ1v) is 9.34. The largest absolute Gasteiger partial charge is 0.508 e. The number of likely N-dealkylation sites (tertiary alicyclic amines) is 1. The second-order valence-corrected chi connectivity index (χ2v) is 8.08. The predicted molar refractivity (Wildman–Crippen MR) is 107 cm³/mol. The first-order valence-electron chi connectivity index (χ1n) is 9.34. The van der Waals surface area contributed by atoms with Gasteiger partial charge in [0.05, 0.1) is 22.4 Å². The van der Waals surface area contributed by atoms with Crippen LogP contribution in [0.15, 0.2) is 48.5 Å². The van der Waals surface area contributed by atoms with Crippen LogP contribution in [-0.4, -0.2) is 44.8 Å². The van der Waals surface area contributed by atoms with Gasteiger partial charge in [-0.25, -0.2) is 14.8 Å². The molecular formula is C22H23N3O3. The number of fused-ring (bicyclic) bond motifs is 1. The standard InChI is InChI=1S/C22H23N3O3/c1-22(2,3)28-21(27)25-12-15(13-25)20-19(14-7-6-8-16(26)11-14)23-17-9-4-5-10-18(17)24-20/h4-11,15,26H,12-13H2,1-3H3. The van der Waals surface area contributed by atoms with Crippen molar-refractivity contribution in [2.75, 3.05) is 13.1 Å². The van der Waals surface area contributed by atoms with E-state index in [1.54, 1.807) is 23.1 Å². The summed E-state index contributed by atoms with van der Waals surface area (Å²) in [6, 6.07) is 14.7. The Morgan fingerprint density at radius 3 is 2.39 bits per heavy atom. The van der Waals surface area contributed by atoms with Crippen molar-refractivity contribution in [3.8, 4) is 17.0 Å². The van der Waals surface area contributed by atoms with Gasteiger partial charge >= 0.3 is 6.09 Å². The van der Waals surface area contributed by atoms with Crippen LogP contribution >= 0.6 is 0 Å². The molecule has 0 unspecified atom stereocenters. The van der Waals surface area contributed by atoms with Crippen molar-refractivity contribution in [1.29, 1.82) is 0 Å². The molecular weight excluding hydrogens is 354 g/mol. The van der Waals surface area contributed by atoms with Gasteiger partial charge in [-0.05, 0) is 45.0 Å². The van der Waals surface area contributed by atoms with Gasteiger partial charge in [0.15, 0.2) is 0 Å². The van der Waals surface area contributed by atoms with Crippen LogP contribution < -0.4 is 0 Å². The molecule has 1 saturated heterocycles. The molecule has 1 fully saturated rings. The summed E-state index contributed by atoms with van der Waals surface area (Å²) in [5, 5.41) is 9.89. The van der Waals surface area contributed by atoms with Crippen LogP contribution in [0.2, 0.25) is 0 Å². The van der Waals surface area contributed by atoms with Crippen LogP contribution in [0.5, 0.6) is 5.75 Å². The number of aromatic hydroxyl groups is 1. The maximum atomic E-state index is 12.3. The lowest BCUT2D eigenvalue weighted by Gasteiger charge is -2.39. The minimum Gasteiger partial charge on any atom is -0.508 e. The van der Waals surface area contributed by atoms with E-state index < -0.39 is 5.60 Å². The van der Waals surface area contributed by atoms with Crippen molar-refractivity contribution < 1.29 is 14.6 Å². The van der Waals surface area contributed by atoms with E-state index in [0.29, 0.717) is 13.1 Å². The molecule has 1 N–H and O–H groups in total. The Balaban J connectivity index is 1.67. The van der Waals surface area contributed by atoms with Crippen molar-refractivity contribution in [1.82, 2.24) is 14.9 Å². The number of phenols is 1. The maximum absolute atomic E-state index is 12.3. The van der Waals surface area contributed by atoms with Crippen LogP contribution in [0.4, 0.5) is 4.79 Å². The lowest BCUT2D eigenvalue weighted by molar-refractivity contribution is 0.00792. The first-order chi connectivity index (χ1) is 13.3. The summed E-state index contributed by atoms with van der Waals surface area (Å²) >= 11 is 0. The summed E-state index contributed by atoms with van der Waals surface area (Å²) in [6.45, 7) is 6.65. The average molecular weight is 377 g/mol. The Morgan fingerprint density at radius 1 is 1.07 bits per heavy atom. The second kappa shape index (κ2) is 6.78. The monoisotopic (exact) mass is 377 g/mol. The molecule has 0 radical (unpaired) electrons. The lowest BCUT2D eigenvalue weighted by Crippen LogP contribution is -2.50. The molecule has 28 heavy (non-hydrogen) atoms. The van der Waals surface area contributed by atoms with E-state index in [1.165, 1.54) is 0 Å². The highest BCUT2D eigenvalue weighted by atomic mass is 16.6. The first kappa shape index (κ1) is 18.2. The van der Waals surface area contributed by atoms with Gasteiger partial charge < -0.3 is 14.7 Å². The normalized spacial score (nSPS) is 14.8. The van der Waals surface area contributed by atoms with E-state index >= 15 is 0 Å². The second-order valence-electron chi connectivity index (χ2n) is 8.08. The number of hydrogen-bond donors (Lipinski definition) is 1. The molecule has 6 nitrogen and oxygen atoms in total. The van der Waals surface area contributed by atoms with Crippen LogP contribution in [0.1, 0.15) is 32.4 Å². The molecule has 0 bridgehead atoms. The lowest BCUT2D eigenvalue weighted by atomic mass is 9.92. The summed E-state index contributed by atoms with van der Waals surface area (Å²) in [5.74, 6) is 0.254. The Hall–Kier alpha value is -3.15. The highest BCUT2D eigenvalue weighted by Gasteiger charge is 2.37. The number of ether oxygens (including phenoxy) is 1. The van der Waals surface area contributed by atoms with Crippen LogP contribution in [0, 0.1) is 0 Å². The number of para-hydroxylation sites is 2. The third kappa shape index (κ3) is 3.63. The van der Waals surface area contributed by atoms with Gasteiger partial charge in [-0.2, -0.15) is 0 Å². The number of benzene rings is 2. The fourth-order valence-corrected chi connectivity index (χ4v) is 3.29. The van der Waals surface area contributed by atoms with Gasteiger partial charge in [-0.3, -0.25) is 0 Å². The summed E-state index contributed by atoms with van der Waals surface area (Å²) in [5.41, 5.74) is 3.49. The Labute approximate surface area is 163 Å². The van der Waals surface area contributed by atoms with Crippen molar-refractivity contribution >= 4 is 17.1 Å². The molecule has 1 aliphatic rings. The topological polar surface area (TPSA) is 75.5 Å². The van der Waals surface area contributed by atoms with Crippen molar-refractivity contribution in [2.24, 2.45) is 0 Å². The number of phenolic OH excluding ortho intramolecular Hbond substituents is 1. The Kier molecular flexibility index (Phi) is 4.41. The number of carbonyl (C=O) groups is 1. The molecule has 6 heteroatoms. The van der Waals surface area contributed by atoms with Gasteiger partial charge in [0.25, 0.3) is 0 Å². The van der Waals surface area contributed by atoms with Gasteiger partial charge in [0, 0.05) is 24.6 Å². The van der Waals surface area contributed by atoms with E-state index in [0.717, 1.165) is 28.0 Å². The van der Waals surface area contributed by atoms with E-state index in [9.17, 15) is 9.90 Å². The van der Waals surface area contributed by atoms with Crippen LogP contribution in [0.25, 0.3) is 22.3 Å². The molecule has 144 valence electrons. The average Bonchev–Trinajstić information content (AvgIpc) is 2.58. The fourth-order valence-electron chi connectivity index (χ4n) is 3.29. The van der Waals surface area contributed by atoms with Gasteiger partial charge in [0.1, 0.15) is 11.4 Å². The third-order valence-corrected chi connectivity index (χ3v) is 4.64. The quantitative estimate of drug-likeness (QED) is 0.719. The zero-order chi connectivity index (χ0) is 19.9. The molecule has 2 heterocycles. The summed E-state index contributed by atoms with van der Waals surface area (Å²) < 4.78 is 5.44. The summed E-state index contributed by atoms with van der Waals surface area (Å²) in [7, 11) is 0. The van der Waals surface area contributed by atoms with Crippen LogP contribution in [0.3, 0.4) is 0 Å². The van der Waals surface area contributed by atoms with Crippen molar-refractivity contribution in [3.63, 3.8) is 0 Å².